The molecule has 9 nitrogen and oxygen atoms in total. The zero-order valence-corrected chi connectivity index (χ0v) is 24.3. The number of carbonyl (C=O) groups is 2. The number of aryl methyl sites for hydroxylation is 1. The lowest BCUT2D eigenvalue weighted by molar-refractivity contribution is -0.115. The molecule has 0 saturated carbocycles. The third kappa shape index (κ3) is 8.04. The molecule has 0 fully saturated rings. The van der Waals surface area contributed by atoms with Crippen LogP contribution in [-0.2, 0) is 11.3 Å². The number of carbonyl (C=O) groups excluding carboxylic acids is 2. The van der Waals surface area contributed by atoms with Gasteiger partial charge in [0.1, 0.15) is 12.4 Å². The third-order valence-corrected chi connectivity index (χ3v) is 7.38. The number of guanidine groups is 1. The first-order valence-corrected chi connectivity index (χ1v) is 14.3. The molecule has 40 heavy (non-hydrogen) atoms. The van der Waals surface area contributed by atoms with E-state index in [0.717, 1.165) is 35.5 Å². The number of hydrogen-bond acceptors (Lipinski definition) is 8. The van der Waals surface area contributed by atoms with Crippen LogP contribution in [0.4, 0.5) is 5.69 Å². The van der Waals surface area contributed by atoms with Crippen LogP contribution < -0.4 is 26.4 Å². The molecule has 0 spiro atoms. The van der Waals surface area contributed by atoms with Crippen molar-refractivity contribution in [2.24, 2.45) is 10.7 Å². The van der Waals surface area contributed by atoms with Gasteiger partial charge in [0.25, 0.3) is 5.91 Å². The second-order valence-electron chi connectivity index (χ2n) is 9.08. The van der Waals surface area contributed by atoms with E-state index < -0.39 is 5.91 Å². The molecule has 0 saturated heterocycles. The number of benzene rings is 2. The van der Waals surface area contributed by atoms with Gasteiger partial charge >= 0.3 is 0 Å². The molecule has 0 unspecified atom stereocenters. The normalized spacial score (nSPS) is 16.7. The summed E-state index contributed by atoms with van der Waals surface area (Å²) >= 11 is 14.0. The van der Waals surface area contributed by atoms with Gasteiger partial charge in [-0.15, -0.1) is 0 Å². The standard InChI is InChI=1S/C28H30Cl2N6O3S/c1-17-24-25(36-40-17)19-7-9-20(10-8-19)39-12-6-4-2-3-5-11-32-16-23(37)34-26-21(29)13-18(14-22(26)30)15-33-28(31)35-27(24)38/h4,6-10,13-14,32H,2-3,5,11-12,15-16H2,1H3,(H,34,37)(H3,31,33,35,38)/b6-4-. The molecule has 0 atom stereocenters. The molecule has 12 heteroatoms. The van der Waals surface area contributed by atoms with E-state index in [9.17, 15) is 9.59 Å². The minimum Gasteiger partial charge on any atom is -0.490 e. The molecule has 210 valence electrons. The summed E-state index contributed by atoms with van der Waals surface area (Å²) in [5.74, 6) is -0.00317. The highest BCUT2D eigenvalue weighted by atomic mass is 35.5. The molecule has 2 amide bonds. The van der Waals surface area contributed by atoms with Crippen molar-refractivity contribution in [1.29, 1.82) is 0 Å². The highest BCUT2D eigenvalue weighted by Gasteiger charge is 2.20. The van der Waals surface area contributed by atoms with E-state index in [-0.39, 0.29) is 35.0 Å². The van der Waals surface area contributed by atoms with E-state index in [1.165, 1.54) is 11.5 Å². The van der Waals surface area contributed by atoms with Gasteiger partial charge in [-0.05, 0) is 86.2 Å². The van der Waals surface area contributed by atoms with Crippen molar-refractivity contribution in [2.75, 3.05) is 25.0 Å². The number of nitrogens with two attached hydrogens (primary N) is 1. The molecule has 0 radical (unpaired) electrons. The molecule has 2 aromatic carbocycles. The average molecular weight is 602 g/mol. The maximum Gasteiger partial charge on any atom is 0.261 e. The van der Waals surface area contributed by atoms with Crippen molar-refractivity contribution in [1.82, 2.24) is 15.0 Å². The average Bonchev–Trinajstić information content (AvgIpc) is 3.32. The number of halogens is 2. The maximum atomic E-state index is 13.1. The van der Waals surface area contributed by atoms with E-state index in [2.05, 4.69) is 31.4 Å². The summed E-state index contributed by atoms with van der Waals surface area (Å²) in [4.78, 5) is 30.5. The summed E-state index contributed by atoms with van der Waals surface area (Å²) in [6.45, 7) is 3.24. The number of ether oxygens (including phenoxy) is 1. The van der Waals surface area contributed by atoms with Crippen LogP contribution in [0.25, 0.3) is 11.3 Å². The molecule has 4 heterocycles. The SMILES string of the molecule is Cc1snc2c1C(=O)NC(N)=NCc1cc(Cl)c(c(Cl)c1)NC(=O)CNCCCC/C=C\COc1ccc-2cc1. The number of fused-ring (bicyclic) bond motifs is 2. The van der Waals surface area contributed by atoms with Gasteiger partial charge in [-0.25, -0.2) is 4.99 Å². The predicted octanol–water partition coefficient (Wildman–Crippen LogP) is 5.32. The van der Waals surface area contributed by atoms with Crippen LogP contribution in [-0.4, -0.2) is 41.8 Å². The Morgan fingerprint density at radius 3 is 2.52 bits per heavy atom. The van der Waals surface area contributed by atoms with Crippen molar-refractivity contribution in [3.8, 4) is 17.0 Å². The van der Waals surface area contributed by atoms with E-state index in [1.807, 2.05) is 37.3 Å². The van der Waals surface area contributed by atoms with E-state index >= 15 is 0 Å². The van der Waals surface area contributed by atoms with Gasteiger partial charge in [-0.2, -0.15) is 4.37 Å². The fraction of sp³-hybridized carbons (Fsp3) is 0.286. The van der Waals surface area contributed by atoms with Gasteiger partial charge in [-0.1, -0.05) is 35.4 Å². The Bertz CT molecular complexity index is 1400. The zero-order valence-electron chi connectivity index (χ0n) is 21.9. The second kappa shape index (κ2) is 14.3. The number of nitrogens with one attached hydrogen (secondary N) is 3. The Balaban J connectivity index is 1.55. The van der Waals surface area contributed by atoms with Gasteiger partial charge in [0.2, 0.25) is 5.91 Å². The first-order chi connectivity index (χ1) is 19.3. The number of allylic oxidation sites excluding steroid dienone is 1. The van der Waals surface area contributed by atoms with Crippen LogP contribution in [0.3, 0.4) is 0 Å². The second-order valence-corrected chi connectivity index (χ2v) is 10.9. The van der Waals surface area contributed by atoms with Gasteiger partial charge < -0.3 is 21.1 Å². The first-order valence-electron chi connectivity index (χ1n) is 12.8. The number of rotatable bonds is 0. The summed E-state index contributed by atoms with van der Waals surface area (Å²) in [6, 6.07) is 10.7. The van der Waals surface area contributed by atoms with E-state index in [1.54, 1.807) is 12.1 Å². The predicted molar refractivity (Wildman–Crippen MR) is 162 cm³/mol. The molecular weight excluding hydrogens is 571 g/mol. The summed E-state index contributed by atoms with van der Waals surface area (Å²) in [7, 11) is 0. The van der Waals surface area contributed by atoms with Gasteiger partial charge in [0.15, 0.2) is 5.96 Å². The Morgan fingerprint density at radius 2 is 1.77 bits per heavy atom. The van der Waals surface area contributed by atoms with Crippen LogP contribution in [0.5, 0.6) is 5.75 Å². The number of aliphatic imine (C=N–C) groups is 1. The van der Waals surface area contributed by atoms with Gasteiger partial charge in [-0.3, -0.25) is 14.9 Å². The molecule has 0 aliphatic carbocycles. The van der Waals surface area contributed by atoms with Crippen molar-refractivity contribution >= 4 is 58.2 Å². The van der Waals surface area contributed by atoms with Gasteiger partial charge in [0.05, 0.1) is 40.1 Å². The largest absolute Gasteiger partial charge is 0.490 e. The Hall–Kier alpha value is -3.44. The monoisotopic (exact) mass is 600 g/mol. The topological polar surface area (TPSA) is 131 Å². The highest BCUT2D eigenvalue weighted by Crippen LogP contribution is 2.32. The smallest absolute Gasteiger partial charge is 0.261 e. The Morgan fingerprint density at radius 1 is 1.02 bits per heavy atom. The lowest BCUT2D eigenvalue weighted by Gasteiger charge is -2.12. The minimum absolute atomic E-state index is 0.0635. The number of anilines is 1. The molecule has 3 aliphatic heterocycles. The molecule has 6 rings (SSSR count). The molecule has 5 N–H and O–H groups in total. The molecule has 4 bridgehead atoms. The summed E-state index contributed by atoms with van der Waals surface area (Å²) in [5, 5.41) is 9.07. The number of nitrogens with zero attached hydrogens (tertiary/aromatic N) is 2. The zero-order chi connectivity index (χ0) is 28.5. The quantitative estimate of drug-likeness (QED) is 0.258. The van der Waals surface area contributed by atoms with Gasteiger partial charge in [0, 0.05) is 10.4 Å². The van der Waals surface area contributed by atoms with Crippen molar-refractivity contribution in [3.05, 3.63) is 74.6 Å². The first kappa shape index (κ1) is 29.5. The van der Waals surface area contributed by atoms with E-state index in [0.29, 0.717) is 35.7 Å². The van der Waals surface area contributed by atoms with Crippen molar-refractivity contribution in [2.45, 2.75) is 32.7 Å². The van der Waals surface area contributed by atoms with E-state index in [4.69, 9.17) is 33.7 Å². The molecule has 3 aromatic rings. The lowest BCUT2D eigenvalue weighted by Crippen LogP contribution is -2.37. The van der Waals surface area contributed by atoms with Crippen LogP contribution in [0.1, 0.15) is 40.1 Å². The molecule has 3 aliphatic rings. The van der Waals surface area contributed by atoms with Crippen LogP contribution >= 0.6 is 34.7 Å². The number of amides is 2. The molecular formula is C28H30Cl2N6O3S. The number of hydrogen-bond donors (Lipinski definition) is 4. The third-order valence-electron chi connectivity index (χ3n) is 6.03. The summed E-state index contributed by atoms with van der Waals surface area (Å²) in [6.07, 6.45) is 6.89. The highest BCUT2D eigenvalue weighted by molar-refractivity contribution is 7.06. The van der Waals surface area contributed by atoms with Crippen LogP contribution in [0.15, 0.2) is 53.5 Å². The fourth-order valence-electron chi connectivity index (χ4n) is 4.00. The number of aromatic nitrogens is 1. The maximum absolute atomic E-state index is 13.1. The Labute approximate surface area is 247 Å². The van der Waals surface area contributed by atoms with Crippen molar-refractivity contribution < 1.29 is 14.3 Å². The van der Waals surface area contributed by atoms with Crippen molar-refractivity contribution in [3.63, 3.8) is 0 Å². The molecule has 1 aromatic heterocycles. The Kier molecular flexibility index (Phi) is 10.5. The summed E-state index contributed by atoms with van der Waals surface area (Å²) in [5.41, 5.74) is 8.79. The summed E-state index contributed by atoms with van der Waals surface area (Å²) < 4.78 is 10.3. The van der Waals surface area contributed by atoms with Crippen LogP contribution in [0.2, 0.25) is 10.0 Å². The minimum atomic E-state index is -0.409. The lowest BCUT2D eigenvalue weighted by atomic mass is 10.1. The fourth-order valence-corrected chi connectivity index (χ4v) is 5.34. The van der Waals surface area contributed by atoms with Crippen LogP contribution in [0, 0.1) is 6.92 Å².